The van der Waals surface area contributed by atoms with E-state index < -0.39 is 0 Å². The second-order valence-electron chi connectivity index (χ2n) is 4.14. The van der Waals surface area contributed by atoms with Gasteiger partial charge in [0.2, 0.25) is 17.0 Å². The maximum atomic E-state index is 11.8. The van der Waals surface area contributed by atoms with Gasteiger partial charge in [-0.1, -0.05) is 35.5 Å². The molecular formula is C12H14ClN5OS. The van der Waals surface area contributed by atoms with Gasteiger partial charge in [-0.2, -0.15) is 4.98 Å². The van der Waals surface area contributed by atoms with E-state index in [0.29, 0.717) is 10.2 Å². The minimum Gasteiger partial charge on any atom is -0.368 e. The molecule has 8 heteroatoms. The Balaban J connectivity index is 1.85. The number of anilines is 1. The van der Waals surface area contributed by atoms with Gasteiger partial charge in [0.05, 0.1) is 11.8 Å². The maximum Gasteiger partial charge on any atom is 0.230 e. The molecule has 1 atom stereocenters. The number of nitrogens with zero attached hydrogens (tertiary/aromatic N) is 2. The number of benzene rings is 1. The Morgan fingerprint density at radius 1 is 1.60 bits per heavy atom. The summed E-state index contributed by atoms with van der Waals surface area (Å²) in [6, 6.07) is 7.28. The Bertz CT molecular complexity index is 603. The quantitative estimate of drug-likeness (QED) is 0.734. The number of amides is 1. The van der Waals surface area contributed by atoms with Gasteiger partial charge in [0, 0.05) is 5.02 Å². The SMILES string of the molecule is C[C@@H](NC(=O)CSc1n[nH]c(N)n1)c1cccc(Cl)c1. The fourth-order valence-electron chi connectivity index (χ4n) is 1.60. The van der Waals surface area contributed by atoms with Gasteiger partial charge in [-0.15, -0.1) is 5.10 Å². The number of hydrogen-bond acceptors (Lipinski definition) is 5. The maximum absolute atomic E-state index is 11.8. The summed E-state index contributed by atoms with van der Waals surface area (Å²) in [6.45, 7) is 1.90. The van der Waals surface area contributed by atoms with Crippen molar-refractivity contribution in [3.8, 4) is 0 Å². The van der Waals surface area contributed by atoms with Crippen LogP contribution in [0.1, 0.15) is 18.5 Å². The molecule has 0 aliphatic heterocycles. The normalized spacial score (nSPS) is 12.1. The zero-order valence-corrected chi connectivity index (χ0v) is 12.3. The lowest BCUT2D eigenvalue weighted by Gasteiger charge is -2.14. The van der Waals surface area contributed by atoms with Gasteiger partial charge < -0.3 is 11.1 Å². The molecule has 0 fully saturated rings. The van der Waals surface area contributed by atoms with Crippen LogP contribution in [0.25, 0.3) is 0 Å². The number of carbonyl (C=O) groups is 1. The Hall–Kier alpha value is -1.73. The summed E-state index contributed by atoms with van der Waals surface area (Å²) in [5.41, 5.74) is 6.36. The number of halogens is 1. The molecule has 6 nitrogen and oxygen atoms in total. The molecule has 2 aromatic rings. The molecule has 0 bridgehead atoms. The minimum absolute atomic E-state index is 0.106. The van der Waals surface area contributed by atoms with Crippen LogP contribution in [0.2, 0.25) is 5.02 Å². The Morgan fingerprint density at radius 3 is 3.05 bits per heavy atom. The van der Waals surface area contributed by atoms with Crippen LogP contribution in [0, 0.1) is 0 Å². The van der Waals surface area contributed by atoms with E-state index in [2.05, 4.69) is 20.5 Å². The molecule has 20 heavy (non-hydrogen) atoms. The number of nitrogen functional groups attached to an aromatic ring is 1. The number of H-pyrrole nitrogens is 1. The summed E-state index contributed by atoms with van der Waals surface area (Å²) in [7, 11) is 0. The fourth-order valence-corrected chi connectivity index (χ4v) is 2.41. The largest absolute Gasteiger partial charge is 0.368 e. The monoisotopic (exact) mass is 311 g/mol. The number of thioether (sulfide) groups is 1. The third kappa shape index (κ3) is 4.14. The van der Waals surface area contributed by atoms with Gasteiger partial charge in [-0.3, -0.25) is 4.79 Å². The Morgan fingerprint density at radius 2 is 2.40 bits per heavy atom. The summed E-state index contributed by atoms with van der Waals surface area (Å²) < 4.78 is 0. The summed E-state index contributed by atoms with van der Waals surface area (Å²) in [5.74, 6) is 0.355. The lowest BCUT2D eigenvalue weighted by atomic mass is 10.1. The first-order valence-corrected chi connectivity index (χ1v) is 7.26. The van der Waals surface area contributed by atoms with Crippen molar-refractivity contribution in [2.24, 2.45) is 0 Å². The van der Waals surface area contributed by atoms with Crippen LogP contribution < -0.4 is 11.1 Å². The van der Waals surface area contributed by atoms with Gasteiger partial charge in [-0.25, -0.2) is 5.10 Å². The van der Waals surface area contributed by atoms with Crippen LogP contribution in [0.3, 0.4) is 0 Å². The standard InChI is InChI=1S/C12H14ClN5OS/c1-7(8-3-2-4-9(13)5-8)15-10(19)6-20-12-16-11(14)17-18-12/h2-5,7H,6H2,1H3,(H,15,19)(H3,14,16,17,18)/t7-/m1/s1. The number of rotatable bonds is 5. The minimum atomic E-state index is -0.112. The van der Waals surface area contributed by atoms with E-state index in [1.807, 2.05) is 25.1 Å². The molecule has 0 aliphatic rings. The molecule has 4 N–H and O–H groups in total. The number of nitrogens with two attached hydrogens (primary N) is 1. The molecule has 1 heterocycles. The molecule has 0 saturated carbocycles. The second kappa shape index (κ2) is 6.62. The number of hydrogen-bond donors (Lipinski definition) is 3. The van der Waals surface area contributed by atoms with Crippen molar-refractivity contribution >= 4 is 35.2 Å². The predicted molar refractivity (Wildman–Crippen MR) is 79.5 cm³/mol. The summed E-state index contributed by atoms with van der Waals surface area (Å²) >= 11 is 7.14. The lowest BCUT2D eigenvalue weighted by Crippen LogP contribution is -2.28. The molecule has 0 saturated heterocycles. The molecule has 1 aromatic carbocycles. The first-order chi connectivity index (χ1) is 9.54. The number of nitrogens with one attached hydrogen (secondary N) is 2. The van der Waals surface area contributed by atoms with E-state index >= 15 is 0 Å². The van der Waals surface area contributed by atoms with Crippen molar-refractivity contribution in [2.75, 3.05) is 11.5 Å². The first-order valence-electron chi connectivity index (χ1n) is 5.90. The van der Waals surface area contributed by atoms with Crippen molar-refractivity contribution in [1.82, 2.24) is 20.5 Å². The molecule has 2 rings (SSSR count). The predicted octanol–water partition coefficient (Wildman–Crippen LogP) is 2.01. The summed E-state index contributed by atoms with van der Waals surface area (Å²) in [4.78, 5) is 15.7. The molecule has 1 aromatic heterocycles. The average Bonchev–Trinajstić information content (AvgIpc) is 2.82. The van der Waals surface area contributed by atoms with Crippen LogP contribution in [-0.2, 0) is 4.79 Å². The van der Waals surface area contributed by atoms with E-state index in [9.17, 15) is 4.79 Å². The molecule has 1 amide bonds. The van der Waals surface area contributed by atoms with E-state index in [1.165, 1.54) is 11.8 Å². The highest BCUT2D eigenvalue weighted by molar-refractivity contribution is 7.99. The van der Waals surface area contributed by atoms with Crippen molar-refractivity contribution in [3.63, 3.8) is 0 Å². The zero-order valence-electron chi connectivity index (χ0n) is 10.8. The van der Waals surface area contributed by atoms with Crippen LogP contribution in [-0.4, -0.2) is 26.8 Å². The van der Waals surface area contributed by atoms with Gasteiger partial charge >= 0.3 is 0 Å². The smallest absolute Gasteiger partial charge is 0.230 e. The van der Waals surface area contributed by atoms with Crippen molar-refractivity contribution in [2.45, 2.75) is 18.1 Å². The van der Waals surface area contributed by atoms with E-state index in [1.54, 1.807) is 6.07 Å². The highest BCUT2D eigenvalue weighted by Gasteiger charge is 2.11. The van der Waals surface area contributed by atoms with Gasteiger partial charge in [0.1, 0.15) is 0 Å². The van der Waals surface area contributed by atoms with Crippen molar-refractivity contribution in [1.29, 1.82) is 0 Å². The molecule has 0 unspecified atom stereocenters. The van der Waals surface area contributed by atoms with E-state index in [4.69, 9.17) is 17.3 Å². The number of aromatic nitrogens is 3. The molecular weight excluding hydrogens is 298 g/mol. The molecule has 0 spiro atoms. The lowest BCUT2D eigenvalue weighted by molar-refractivity contribution is -0.119. The number of carbonyl (C=O) groups excluding carboxylic acids is 1. The van der Waals surface area contributed by atoms with Crippen molar-refractivity contribution in [3.05, 3.63) is 34.9 Å². The Labute approximate surface area is 125 Å². The zero-order chi connectivity index (χ0) is 14.5. The number of aromatic amines is 1. The molecule has 106 valence electrons. The third-order valence-electron chi connectivity index (χ3n) is 2.54. The summed E-state index contributed by atoms with van der Waals surface area (Å²) in [5, 5.41) is 10.3. The molecule has 0 aliphatic carbocycles. The van der Waals surface area contributed by atoms with E-state index in [-0.39, 0.29) is 23.7 Å². The van der Waals surface area contributed by atoms with Gasteiger partial charge in [-0.05, 0) is 24.6 Å². The van der Waals surface area contributed by atoms with Crippen LogP contribution in [0.15, 0.2) is 29.4 Å². The first kappa shape index (κ1) is 14.7. The highest BCUT2D eigenvalue weighted by Crippen LogP contribution is 2.18. The summed E-state index contributed by atoms with van der Waals surface area (Å²) in [6.07, 6.45) is 0. The second-order valence-corrected chi connectivity index (χ2v) is 5.52. The molecule has 0 radical (unpaired) electrons. The Kier molecular flexibility index (Phi) is 4.86. The van der Waals surface area contributed by atoms with Gasteiger partial charge in [0.25, 0.3) is 0 Å². The van der Waals surface area contributed by atoms with Crippen LogP contribution >= 0.6 is 23.4 Å². The van der Waals surface area contributed by atoms with Crippen LogP contribution in [0.5, 0.6) is 0 Å². The highest BCUT2D eigenvalue weighted by atomic mass is 35.5. The third-order valence-corrected chi connectivity index (χ3v) is 3.62. The van der Waals surface area contributed by atoms with Gasteiger partial charge in [0.15, 0.2) is 0 Å². The van der Waals surface area contributed by atoms with Crippen LogP contribution in [0.4, 0.5) is 5.95 Å². The van der Waals surface area contributed by atoms with Crippen molar-refractivity contribution < 1.29 is 4.79 Å². The average molecular weight is 312 g/mol. The fraction of sp³-hybridized carbons (Fsp3) is 0.250. The topological polar surface area (TPSA) is 96.7 Å². The van der Waals surface area contributed by atoms with E-state index in [0.717, 1.165) is 5.56 Å².